The summed E-state index contributed by atoms with van der Waals surface area (Å²) in [4.78, 5) is 8.31. The van der Waals surface area contributed by atoms with Gasteiger partial charge in [-0.2, -0.15) is 0 Å². The maximum absolute atomic E-state index is 6.16. The van der Waals surface area contributed by atoms with E-state index in [-0.39, 0.29) is 0 Å². The number of methoxy groups -OCH3 is 2. The van der Waals surface area contributed by atoms with Gasteiger partial charge in [-0.1, -0.05) is 0 Å². The van der Waals surface area contributed by atoms with Crippen molar-refractivity contribution in [1.82, 2.24) is 9.97 Å². The van der Waals surface area contributed by atoms with Crippen molar-refractivity contribution in [2.75, 3.05) is 14.2 Å². The van der Waals surface area contributed by atoms with Crippen LogP contribution in [0.5, 0.6) is 11.5 Å². The van der Waals surface area contributed by atoms with E-state index < -0.39 is 6.04 Å². The van der Waals surface area contributed by atoms with Crippen LogP contribution in [0, 0.1) is 0 Å². The van der Waals surface area contributed by atoms with Gasteiger partial charge in [-0.05, 0) is 24.3 Å². The first-order valence-electron chi connectivity index (χ1n) is 5.50. The van der Waals surface area contributed by atoms with Crippen LogP contribution in [0.4, 0.5) is 0 Å². The lowest BCUT2D eigenvalue weighted by molar-refractivity contribution is 0.396. The molecule has 94 valence electrons. The smallest absolute Gasteiger partial charge is 0.149 e. The van der Waals surface area contributed by atoms with Gasteiger partial charge in [0.05, 0.1) is 20.3 Å². The minimum absolute atomic E-state index is 0.448. The van der Waals surface area contributed by atoms with E-state index in [0.717, 1.165) is 11.3 Å². The molecular weight excluding hydrogens is 230 g/mol. The minimum atomic E-state index is -0.448. The van der Waals surface area contributed by atoms with Crippen molar-refractivity contribution in [2.45, 2.75) is 6.04 Å². The van der Waals surface area contributed by atoms with Gasteiger partial charge < -0.3 is 15.2 Å². The number of ether oxygens (including phenoxy) is 2. The highest BCUT2D eigenvalue weighted by Crippen LogP contribution is 2.30. The zero-order valence-electron chi connectivity index (χ0n) is 10.3. The number of rotatable bonds is 4. The van der Waals surface area contributed by atoms with Gasteiger partial charge in [-0.3, -0.25) is 0 Å². The second-order valence-electron chi connectivity index (χ2n) is 3.69. The van der Waals surface area contributed by atoms with Crippen LogP contribution in [0.25, 0.3) is 0 Å². The summed E-state index contributed by atoms with van der Waals surface area (Å²) >= 11 is 0. The Kier molecular flexibility index (Phi) is 3.74. The fourth-order valence-electron chi connectivity index (χ4n) is 1.69. The third-order valence-electron chi connectivity index (χ3n) is 2.64. The van der Waals surface area contributed by atoms with Crippen molar-refractivity contribution < 1.29 is 9.47 Å². The maximum atomic E-state index is 6.16. The fraction of sp³-hybridized carbons (Fsp3) is 0.231. The van der Waals surface area contributed by atoms with Crippen molar-refractivity contribution in [1.29, 1.82) is 0 Å². The molecular formula is C13H15N3O2. The van der Waals surface area contributed by atoms with Crippen LogP contribution in [0.15, 0.2) is 36.7 Å². The van der Waals surface area contributed by atoms with E-state index in [0.29, 0.717) is 11.6 Å². The van der Waals surface area contributed by atoms with Gasteiger partial charge >= 0.3 is 0 Å². The highest BCUT2D eigenvalue weighted by atomic mass is 16.5. The summed E-state index contributed by atoms with van der Waals surface area (Å²) in [6.45, 7) is 0. The molecule has 0 saturated carbocycles. The number of hydrogen-bond acceptors (Lipinski definition) is 5. The number of benzene rings is 1. The highest BCUT2D eigenvalue weighted by Gasteiger charge is 2.17. The Balaban J connectivity index is 2.42. The molecule has 1 atom stereocenters. The van der Waals surface area contributed by atoms with Crippen molar-refractivity contribution in [3.8, 4) is 11.5 Å². The Morgan fingerprint density at radius 2 is 1.83 bits per heavy atom. The molecule has 2 aromatic rings. The van der Waals surface area contributed by atoms with E-state index in [2.05, 4.69) is 9.97 Å². The molecule has 0 aliphatic rings. The van der Waals surface area contributed by atoms with Crippen LogP contribution in [-0.2, 0) is 0 Å². The standard InChI is InChI=1S/C13H15N3O2/c1-17-9-4-5-11(18-2)10(8-9)12(14)13-15-6-3-7-16-13/h3-8,12H,14H2,1-2H3. The third kappa shape index (κ3) is 2.41. The maximum Gasteiger partial charge on any atom is 0.149 e. The molecule has 0 fully saturated rings. The molecule has 1 aromatic carbocycles. The summed E-state index contributed by atoms with van der Waals surface area (Å²) in [5, 5.41) is 0. The molecule has 5 nitrogen and oxygen atoms in total. The first-order valence-corrected chi connectivity index (χ1v) is 5.50. The molecule has 2 N–H and O–H groups in total. The zero-order valence-corrected chi connectivity index (χ0v) is 10.3. The van der Waals surface area contributed by atoms with E-state index in [1.165, 1.54) is 0 Å². The van der Waals surface area contributed by atoms with Gasteiger partial charge in [0.1, 0.15) is 17.3 Å². The SMILES string of the molecule is COc1ccc(OC)c(C(N)c2ncccn2)c1. The normalized spacial score (nSPS) is 11.9. The average molecular weight is 245 g/mol. The molecule has 18 heavy (non-hydrogen) atoms. The number of nitrogens with two attached hydrogens (primary N) is 1. The Bertz CT molecular complexity index is 517. The van der Waals surface area contributed by atoms with E-state index in [1.54, 1.807) is 32.7 Å². The summed E-state index contributed by atoms with van der Waals surface area (Å²) in [5.41, 5.74) is 6.95. The third-order valence-corrected chi connectivity index (χ3v) is 2.64. The summed E-state index contributed by atoms with van der Waals surface area (Å²) in [5.74, 6) is 1.96. The van der Waals surface area contributed by atoms with Gasteiger partial charge in [0, 0.05) is 18.0 Å². The number of nitrogens with zero attached hydrogens (tertiary/aromatic N) is 2. The largest absolute Gasteiger partial charge is 0.497 e. The molecule has 0 spiro atoms. The summed E-state index contributed by atoms with van der Waals surface area (Å²) in [6.07, 6.45) is 3.32. The zero-order chi connectivity index (χ0) is 13.0. The van der Waals surface area contributed by atoms with Gasteiger partial charge in [-0.25, -0.2) is 9.97 Å². The molecule has 5 heteroatoms. The molecule has 0 radical (unpaired) electrons. The molecule has 0 aliphatic carbocycles. The molecule has 1 aromatic heterocycles. The molecule has 0 bridgehead atoms. The molecule has 0 aliphatic heterocycles. The first-order chi connectivity index (χ1) is 8.76. The summed E-state index contributed by atoms with van der Waals surface area (Å²) in [7, 11) is 3.21. The van der Waals surface area contributed by atoms with E-state index in [9.17, 15) is 0 Å². The van der Waals surface area contributed by atoms with E-state index in [1.807, 2.05) is 18.2 Å². The second-order valence-corrected chi connectivity index (χ2v) is 3.69. The van der Waals surface area contributed by atoms with Gasteiger partial charge in [0.2, 0.25) is 0 Å². The Morgan fingerprint density at radius 1 is 1.11 bits per heavy atom. The molecule has 1 heterocycles. The van der Waals surface area contributed by atoms with Crippen molar-refractivity contribution in [3.05, 3.63) is 48.0 Å². The van der Waals surface area contributed by atoms with Crippen LogP contribution in [0.1, 0.15) is 17.4 Å². The van der Waals surface area contributed by atoms with Crippen molar-refractivity contribution >= 4 is 0 Å². The number of hydrogen-bond donors (Lipinski definition) is 1. The van der Waals surface area contributed by atoms with Gasteiger partial charge in [-0.15, -0.1) is 0 Å². The van der Waals surface area contributed by atoms with Crippen LogP contribution in [-0.4, -0.2) is 24.2 Å². The van der Waals surface area contributed by atoms with Gasteiger partial charge in [0.25, 0.3) is 0 Å². The lowest BCUT2D eigenvalue weighted by Gasteiger charge is -2.15. The van der Waals surface area contributed by atoms with E-state index in [4.69, 9.17) is 15.2 Å². The first kappa shape index (κ1) is 12.3. The minimum Gasteiger partial charge on any atom is -0.497 e. The molecule has 0 amide bonds. The molecule has 0 saturated heterocycles. The topological polar surface area (TPSA) is 70.3 Å². The Morgan fingerprint density at radius 3 is 2.44 bits per heavy atom. The fourth-order valence-corrected chi connectivity index (χ4v) is 1.69. The van der Waals surface area contributed by atoms with Crippen LogP contribution in [0.3, 0.4) is 0 Å². The second kappa shape index (κ2) is 5.46. The average Bonchev–Trinajstić information content (AvgIpc) is 2.46. The summed E-state index contributed by atoms with van der Waals surface area (Å²) < 4.78 is 10.5. The summed E-state index contributed by atoms with van der Waals surface area (Å²) in [6, 6.07) is 6.77. The molecule has 1 unspecified atom stereocenters. The van der Waals surface area contributed by atoms with Crippen LogP contribution in [0.2, 0.25) is 0 Å². The quantitative estimate of drug-likeness (QED) is 0.884. The predicted octanol–water partition coefficient (Wildman–Crippen LogP) is 1.54. The highest BCUT2D eigenvalue weighted by molar-refractivity contribution is 5.44. The molecule has 2 rings (SSSR count). The van der Waals surface area contributed by atoms with E-state index >= 15 is 0 Å². The number of aromatic nitrogens is 2. The predicted molar refractivity (Wildman–Crippen MR) is 67.6 cm³/mol. The van der Waals surface area contributed by atoms with Crippen LogP contribution < -0.4 is 15.2 Å². The Hall–Kier alpha value is -2.14. The Labute approximate surface area is 106 Å². The lowest BCUT2D eigenvalue weighted by atomic mass is 10.1. The monoisotopic (exact) mass is 245 g/mol. The van der Waals surface area contributed by atoms with Crippen LogP contribution >= 0.6 is 0 Å². The lowest BCUT2D eigenvalue weighted by Crippen LogP contribution is -2.16. The van der Waals surface area contributed by atoms with Crippen molar-refractivity contribution in [2.24, 2.45) is 5.73 Å². The van der Waals surface area contributed by atoms with Crippen molar-refractivity contribution in [3.63, 3.8) is 0 Å². The van der Waals surface area contributed by atoms with Gasteiger partial charge in [0.15, 0.2) is 0 Å².